The van der Waals surface area contributed by atoms with Crippen LogP contribution in [-0.2, 0) is 6.42 Å². The summed E-state index contributed by atoms with van der Waals surface area (Å²) in [5.41, 5.74) is 3.32. The van der Waals surface area contributed by atoms with Crippen LogP contribution in [0.25, 0.3) is 0 Å². The van der Waals surface area contributed by atoms with Gasteiger partial charge in [-0.2, -0.15) is 0 Å². The zero-order valence-electron chi connectivity index (χ0n) is 15.1. The summed E-state index contributed by atoms with van der Waals surface area (Å²) in [5.74, 6) is 0.741. The first kappa shape index (κ1) is 17.8. The number of carbonyl (C=O) groups is 1. The molecule has 1 aromatic rings. The Morgan fingerprint density at radius 3 is 2.52 bits per heavy atom. The quantitative estimate of drug-likeness (QED) is 0.897. The maximum Gasteiger partial charge on any atom is 0.321 e. The van der Waals surface area contributed by atoms with Gasteiger partial charge < -0.3 is 10.2 Å². The lowest BCUT2D eigenvalue weighted by Gasteiger charge is -2.35. The van der Waals surface area contributed by atoms with Crippen molar-refractivity contribution in [1.82, 2.24) is 9.80 Å². The van der Waals surface area contributed by atoms with E-state index in [9.17, 15) is 4.79 Å². The molecular weight excluding hydrogens is 286 g/mol. The van der Waals surface area contributed by atoms with Crippen molar-refractivity contribution < 1.29 is 4.79 Å². The second-order valence-corrected chi connectivity index (χ2v) is 6.90. The number of urea groups is 1. The third-order valence-corrected chi connectivity index (χ3v) is 4.65. The van der Waals surface area contributed by atoms with Crippen LogP contribution in [0.2, 0.25) is 0 Å². The highest BCUT2D eigenvalue weighted by Gasteiger charge is 2.21. The Morgan fingerprint density at radius 2 is 1.91 bits per heavy atom. The fraction of sp³-hybridized carbons (Fsp3) is 0.632. The molecule has 1 fully saturated rings. The second-order valence-electron chi connectivity index (χ2n) is 6.90. The maximum absolute atomic E-state index is 12.6. The smallest absolute Gasteiger partial charge is 0.321 e. The number of para-hydroxylation sites is 1. The van der Waals surface area contributed by atoms with Crippen LogP contribution in [-0.4, -0.2) is 48.6 Å². The SMILES string of the molecule is CCc1cccc(C)c1NC(=O)N1CCN(CCC(C)C)CC1. The average molecular weight is 317 g/mol. The van der Waals surface area contributed by atoms with Gasteiger partial charge in [-0.1, -0.05) is 39.0 Å². The van der Waals surface area contributed by atoms with E-state index < -0.39 is 0 Å². The van der Waals surface area contributed by atoms with Gasteiger partial charge in [0.1, 0.15) is 0 Å². The summed E-state index contributed by atoms with van der Waals surface area (Å²) < 4.78 is 0. The van der Waals surface area contributed by atoms with E-state index in [-0.39, 0.29) is 6.03 Å². The van der Waals surface area contributed by atoms with Gasteiger partial charge in [0, 0.05) is 31.9 Å². The summed E-state index contributed by atoms with van der Waals surface area (Å²) >= 11 is 0. The standard InChI is InChI=1S/C19H31N3O/c1-5-17-8-6-7-16(4)18(17)20-19(23)22-13-11-21(12-14-22)10-9-15(2)3/h6-8,15H,5,9-14H2,1-4H3,(H,20,23). The van der Waals surface area contributed by atoms with Gasteiger partial charge >= 0.3 is 6.03 Å². The van der Waals surface area contributed by atoms with Crippen molar-refractivity contribution in [2.45, 2.75) is 40.5 Å². The van der Waals surface area contributed by atoms with Crippen LogP contribution in [0.3, 0.4) is 0 Å². The Balaban J connectivity index is 1.88. The third kappa shape index (κ3) is 4.96. The van der Waals surface area contributed by atoms with Crippen LogP contribution in [0, 0.1) is 12.8 Å². The van der Waals surface area contributed by atoms with Gasteiger partial charge in [-0.25, -0.2) is 4.79 Å². The number of nitrogens with one attached hydrogen (secondary N) is 1. The van der Waals surface area contributed by atoms with E-state index in [1.165, 1.54) is 12.0 Å². The highest BCUT2D eigenvalue weighted by atomic mass is 16.2. The van der Waals surface area contributed by atoms with Crippen LogP contribution < -0.4 is 5.32 Å². The summed E-state index contributed by atoms with van der Waals surface area (Å²) in [5, 5.41) is 3.13. The highest BCUT2D eigenvalue weighted by Crippen LogP contribution is 2.21. The summed E-state index contributed by atoms with van der Waals surface area (Å²) in [6.07, 6.45) is 2.16. The van der Waals surface area contributed by atoms with Crippen molar-refractivity contribution in [1.29, 1.82) is 0 Å². The van der Waals surface area contributed by atoms with Gasteiger partial charge in [-0.15, -0.1) is 0 Å². The summed E-state index contributed by atoms with van der Waals surface area (Å²) in [6.45, 7) is 13.4. The lowest BCUT2D eigenvalue weighted by molar-refractivity contribution is 0.143. The number of piperazine rings is 1. The molecule has 4 nitrogen and oxygen atoms in total. The number of carbonyl (C=O) groups excluding carboxylic acids is 1. The van der Waals surface area contributed by atoms with Crippen LogP contribution in [0.4, 0.5) is 10.5 Å². The number of nitrogens with zero attached hydrogens (tertiary/aromatic N) is 2. The Kier molecular flexibility index (Phi) is 6.46. The molecule has 0 aliphatic carbocycles. The van der Waals surface area contributed by atoms with Gasteiger partial charge in [0.25, 0.3) is 0 Å². The molecule has 128 valence electrons. The van der Waals surface area contributed by atoms with E-state index in [0.717, 1.165) is 56.3 Å². The number of rotatable bonds is 5. The van der Waals surface area contributed by atoms with E-state index in [1.54, 1.807) is 0 Å². The first-order chi connectivity index (χ1) is 11.0. The topological polar surface area (TPSA) is 35.6 Å². The molecule has 0 aromatic heterocycles. The van der Waals surface area contributed by atoms with Crippen LogP contribution in [0.15, 0.2) is 18.2 Å². The number of aryl methyl sites for hydroxylation is 2. The molecule has 1 aromatic carbocycles. The number of hydrogen-bond donors (Lipinski definition) is 1. The van der Waals surface area contributed by atoms with Crippen molar-refractivity contribution in [2.24, 2.45) is 5.92 Å². The summed E-state index contributed by atoms with van der Waals surface area (Å²) in [7, 11) is 0. The van der Waals surface area contributed by atoms with Crippen LogP contribution >= 0.6 is 0 Å². The van der Waals surface area contributed by atoms with Gasteiger partial charge in [-0.05, 0) is 43.4 Å². The van der Waals surface area contributed by atoms with Crippen LogP contribution in [0.5, 0.6) is 0 Å². The molecule has 2 rings (SSSR count). The van der Waals surface area contributed by atoms with Crippen molar-refractivity contribution >= 4 is 11.7 Å². The molecule has 1 heterocycles. The molecule has 4 heteroatoms. The lowest BCUT2D eigenvalue weighted by atomic mass is 10.1. The van der Waals surface area contributed by atoms with Gasteiger partial charge in [0.15, 0.2) is 0 Å². The van der Waals surface area contributed by atoms with E-state index in [0.29, 0.717) is 0 Å². The Morgan fingerprint density at radius 1 is 1.22 bits per heavy atom. The zero-order valence-corrected chi connectivity index (χ0v) is 15.1. The molecular formula is C19H31N3O. The minimum absolute atomic E-state index is 0.0394. The van der Waals surface area contributed by atoms with E-state index in [2.05, 4.69) is 56.1 Å². The third-order valence-electron chi connectivity index (χ3n) is 4.65. The van der Waals surface area contributed by atoms with Crippen molar-refractivity contribution in [3.05, 3.63) is 29.3 Å². The van der Waals surface area contributed by atoms with Crippen molar-refractivity contribution in [3.8, 4) is 0 Å². The molecule has 1 aliphatic heterocycles. The lowest BCUT2D eigenvalue weighted by Crippen LogP contribution is -2.50. The summed E-state index contributed by atoms with van der Waals surface area (Å²) in [6, 6.07) is 6.24. The molecule has 0 radical (unpaired) electrons. The monoisotopic (exact) mass is 317 g/mol. The Hall–Kier alpha value is -1.55. The van der Waals surface area contributed by atoms with E-state index in [1.807, 2.05) is 4.90 Å². The molecule has 2 amide bonds. The summed E-state index contributed by atoms with van der Waals surface area (Å²) in [4.78, 5) is 17.0. The van der Waals surface area contributed by atoms with Crippen LogP contribution in [0.1, 0.15) is 38.3 Å². The molecule has 0 unspecified atom stereocenters. The fourth-order valence-electron chi connectivity index (χ4n) is 3.00. The maximum atomic E-state index is 12.6. The van der Waals surface area contributed by atoms with Crippen molar-refractivity contribution in [3.63, 3.8) is 0 Å². The molecule has 1 N–H and O–H groups in total. The average Bonchev–Trinajstić information content (AvgIpc) is 2.55. The first-order valence-electron chi connectivity index (χ1n) is 8.88. The van der Waals surface area contributed by atoms with Gasteiger partial charge in [0.2, 0.25) is 0 Å². The predicted molar refractivity (Wildman–Crippen MR) is 97.0 cm³/mol. The van der Waals surface area contributed by atoms with Gasteiger partial charge in [-0.3, -0.25) is 4.90 Å². The molecule has 0 bridgehead atoms. The number of hydrogen-bond acceptors (Lipinski definition) is 2. The molecule has 0 atom stereocenters. The molecule has 1 aliphatic rings. The number of benzene rings is 1. The molecule has 0 saturated carbocycles. The number of amides is 2. The van der Waals surface area contributed by atoms with E-state index >= 15 is 0 Å². The highest BCUT2D eigenvalue weighted by molar-refractivity contribution is 5.91. The fourth-order valence-corrected chi connectivity index (χ4v) is 3.00. The zero-order chi connectivity index (χ0) is 16.8. The first-order valence-corrected chi connectivity index (χ1v) is 8.88. The van der Waals surface area contributed by atoms with Crippen molar-refractivity contribution in [2.75, 3.05) is 38.0 Å². The molecule has 1 saturated heterocycles. The van der Waals surface area contributed by atoms with Gasteiger partial charge in [0.05, 0.1) is 0 Å². The Bertz CT molecular complexity index is 519. The molecule has 0 spiro atoms. The Labute approximate surface area is 140 Å². The minimum atomic E-state index is 0.0394. The second kappa shape index (κ2) is 8.34. The number of anilines is 1. The largest absolute Gasteiger partial charge is 0.322 e. The predicted octanol–water partition coefficient (Wildman–Crippen LogP) is 3.75. The molecule has 23 heavy (non-hydrogen) atoms. The van der Waals surface area contributed by atoms with E-state index in [4.69, 9.17) is 0 Å². The normalized spacial score (nSPS) is 16.0. The minimum Gasteiger partial charge on any atom is -0.322 e.